The third-order valence-electron chi connectivity index (χ3n) is 3.30. The summed E-state index contributed by atoms with van der Waals surface area (Å²) in [6.07, 6.45) is 2.89. The van der Waals surface area contributed by atoms with Crippen LogP contribution in [0.25, 0.3) is 10.9 Å². The molecule has 1 heterocycles. The number of carbonyl (C=O) groups excluding carboxylic acids is 2. The number of rotatable bonds is 7. The lowest BCUT2D eigenvalue weighted by Gasteiger charge is -2.08. The zero-order valence-electron chi connectivity index (χ0n) is 12.6. The number of hydrogen-bond donors (Lipinski definition) is 2. The first-order chi connectivity index (χ1) is 10.6. The minimum Gasteiger partial charge on any atom is -0.356 e. The van der Waals surface area contributed by atoms with E-state index in [2.05, 4.69) is 10.6 Å². The van der Waals surface area contributed by atoms with Gasteiger partial charge < -0.3 is 15.2 Å². The number of hydrogen-bond acceptors (Lipinski definition) is 2. The van der Waals surface area contributed by atoms with Gasteiger partial charge >= 0.3 is 0 Å². The second-order valence-electron chi connectivity index (χ2n) is 5.10. The van der Waals surface area contributed by atoms with Crippen LogP contribution in [0.2, 0.25) is 0 Å². The van der Waals surface area contributed by atoms with E-state index in [-0.39, 0.29) is 30.6 Å². The van der Waals surface area contributed by atoms with Gasteiger partial charge in [-0.15, -0.1) is 0 Å². The quantitative estimate of drug-likeness (QED) is 0.819. The molecule has 0 aliphatic carbocycles. The molecule has 0 bridgehead atoms. The van der Waals surface area contributed by atoms with Crippen molar-refractivity contribution in [1.29, 1.82) is 0 Å². The Morgan fingerprint density at radius 1 is 1.14 bits per heavy atom. The highest BCUT2D eigenvalue weighted by molar-refractivity contribution is 5.83. The number of amides is 2. The number of benzene rings is 1. The predicted octanol–water partition coefficient (Wildman–Crippen LogP) is 1.81. The van der Waals surface area contributed by atoms with E-state index in [1.165, 1.54) is 12.1 Å². The molecule has 6 heteroatoms. The molecule has 0 radical (unpaired) electrons. The summed E-state index contributed by atoms with van der Waals surface area (Å²) in [5.41, 5.74) is 0.677. The highest BCUT2D eigenvalue weighted by Crippen LogP contribution is 2.16. The van der Waals surface area contributed by atoms with E-state index in [1.54, 1.807) is 16.8 Å². The van der Waals surface area contributed by atoms with E-state index >= 15 is 0 Å². The topological polar surface area (TPSA) is 63.1 Å². The Morgan fingerprint density at radius 3 is 2.68 bits per heavy atom. The molecule has 1 aromatic carbocycles. The zero-order valence-corrected chi connectivity index (χ0v) is 12.6. The van der Waals surface area contributed by atoms with E-state index in [0.29, 0.717) is 18.6 Å². The average Bonchev–Trinajstić information content (AvgIpc) is 2.87. The van der Waals surface area contributed by atoms with Crippen molar-refractivity contribution in [3.8, 4) is 0 Å². The molecule has 2 N–H and O–H groups in total. The van der Waals surface area contributed by atoms with Crippen molar-refractivity contribution in [1.82, 2.24) is 15.2 Å². The average molecular weight is 305 g/mol. The standard InChI is InChI=1S/C16H20FN3O2/c1-2-7-18-15(21)5-8-19-16(22)11-20-9-6-12-3-4-13(17)10-14(12)20/h3-4,6,9-10H,2,5,7-8,11H2,1H3,(H,18,21)(H,19,22). The maximum atomic E-state index is 13.3. The van der Waals surface area contributed by atoms with Gasteiger partial charge in [0.15, 0.2) is 0 Å². The fourth-order valence-corrected chi connectivity index (χ4v) is 2.17. The monoisotopic (exact) mass is 305 g/mol. The molecule has 0 fully saturated rings. The van der Waals surface area contributed by atoms with Crippen LogP contribution in [0.4, 0.5) is 4.39 Å². The van der Waals surface area contributed by atoms with E-state index in [4.69, 9.17) is 0 Å². The van der Waals surface area contributed by atoms with Gasteiger partial charge in [-0.3, -0.25) is 9.59 Å². The Kier molecular flexibility index (Phi) is 5.52. The molecule has 0 aliphatic rings. The van der Waals surface area contributed by atoms with E-state index in [1.807, 2.05) is 13.0 Å². The van der Waals surface area contributed by atoms with Crippen LogP contribution < -0.4 is 10.6 Å². The molecule has 22 heavy (non-hydrogen) atoms. The number of halogens is 1. The molecular weight excluding hydrogens is 285 g/mol. The normalized spacial score (nSPS) is 10.6. The summed E-state index contributed by atoms with van der Waals surface area (Å²) in [6, 6.07) is 6.31. The largest absolute Gasteiger partial charge is 0.356 e. The number of fused-ring (bicyclic) bond motifs is 1. The second-order valence-corrected chi connectivity index (χ2v) is 5.10. The van der Waals surface area contributed by atoms with E-state index in [9.17, 15) is 14.0 Å². The van der Waals surface area contributed by atoms with Crippen LogP contribution >= 0.6 is 0 Å². The van der Waals surface area contributed by atoms with Gasteiger partial charge in [0, 0.05) is 25.7 Å². The summed E-state index contributed by atoms with van der Waals surface area (Å²) in [5, 5.41) is 6.32. The highest BCUT2D eigenvalue weighted by Gasteiger charge is 2.07. The summed E-state index contributed by atoms with van der Waals surface area (Å²) >= 11 is 0. The minimum absolute atomic E-state index is 0.0735. The van der Waals surface area contributed by atoms with Crippen LogP contribution in [0.15, 0.2) is 30.5 Å². The minimum atomic E-state index is -0.333. The molecule has 0 spiro atoms. The number of aromatic nitrogens is 1. The van der Waals surface area contributed by atoms with E-state index < -0.39 is 0 Å². The third kappa shape index (κ3) is 4.31. The fraction of sp³-hybridized carbons (Fsp3) is 0.375. The first kappa shape index (κ1) is 16.0. The maximum absolute atomic E-state index is 13.3. The molecule has 1 aromatic heterocycles. The van der Waals surface area contributed by atoms with Crippen molar-refractivity contribution in [2.75, 3.05) is 13.1 Å². The zero-order chi connectivity index (χ0) is 15.9. The summed E-state index contributed by atoms with van der Waals surface area (Å²) < 4.78 is 15.0. The van der Waals surface area contributed by atoms with Gasteiger partial charge in [0.2, 0.25) is 11.8 Å². The molecule has 2 rings (SSSR count). The molecule has 0 unspecified atom stereocenters. The SMILES string of the molecule is CCCNC(=O)CCNC(=O)Cn1ccc2ccc(F)cc21. The van der Waals surface area contributed by atoms with Crippen LogP contribution in [0.1, 0.15) is 19.8 Å². The third-order valence-corrected chi connectivity index (χ3v) is 3.30. The Bertz CT molecular complexity index is 666. The van der Waals surface area contributed by atoms with Crippen molar-refractivity contribution < 1.29 is 14.0 Å². The molecule has 0 atom stereocenters. The molecule has 2 amide bonds. The first-order valence-electron chi connectivity index (χ1n) is 7.38. The van der Waals surface area contributed by atoms with Gasteiger partial charge in [-0.25, -0.2) is 4.39 Å². The van der Waals surface area contributed by atoms with Crippen molar-refractivity contribution in [2.24, 2.45) is 0 Å². The van der Waals surface area contributed by atoms with Gasteiger partial charge in [-0.1, -0.05) is 6.92 Å². The van der Waals surface area contributed by atoms with Gasteiger partial charge in [0.1, 0.15) is 12.4 Å². The first-order valence-corrected chi connectivity index (χ1v) is 7.38. The lowest BCUT2D eigenvalue weighted by atomic mass is 10.2. The number of nitrogens with one attached hydrogen (secondary N) is 2. The van der Waals surface area contributed by atoms with Crippen molar-refractivity contribution in [2.45, 2.75) is 26.3 Å². The van der Waals surface area contributed by atoms with Crippen molar-refractivity contribution >= 4 is 22.7 Å². The maximum Gasteiger partial charge on any atom is 0.239 e. The summed E-state index contributed by atoms with van der Waals surface area (Å²) in [6.45, 7) is 3.02. The van der Waals surface area contributed by atoms with Crippen LogP contribution in [0.3, 0.4) is 0 Å². The van der Waals surface area contributed by atoms with Gasteiger partial charge in [0.25, 0.3) is 0 Å². The number of carbonyl (C=O) groups is 2. The van der Waals surface area contributed by atoms with Gasteiger partial charge in [0.05, 0.1) is 5.52 Å². The molecule has 5 nitrogen and oxygen atoms in total. The Morgan fingerprint density at radius 2 is 1.91 bits per heavy atom. The van der Waals surface area contributed by atoms with Crippen LogP contribution in [0.5, 0.6) is 0 Å². The van der Waals surface area contributed by atoms with Crippen molar-refractivity contribution in [3.63, 3.8) is 0 Å². The lowest BCUT2D eigenvalue weighted by molar-refractivity contribution is -0.122. The Hall–Kier alpha value is -2.37. The van der Waals surface area contributed by atoms with Crippen LogP contribution in [-0.2, 0) is 16.1 Å². The second kappa shape index (κ2) is 7.59. The van der Waals surface area contributed by atoms with Crippen LogP contribution in [-0.4, -0.2) is 29.5 Å². The summed E-state index contributed by atoms with van der Waals surface area (Å²) in [7, 11) is 0. The predicted molar refractivity (Wildman–Crippen MR) is 82.8 cm³/mol. The summed E-state index contributed by atoms with van der Waals surface area (Å²) in [5.74, 6) is -0.610. The Balaban J connectivity index is 1.84. The molecule has 0 saturated carbocycles. The smallest absolute Gasteiger partial charge is 0.239 e. The highest BCUT2D eigenvalue weighted by atomic mass is 19.1. The fourth-order valence-electron chi connectivity index (χ4n) is 2.17. The van der Waals surface area contributed by atoms with E-state index in [0.717, 1.165) is 11.8 Å². The Labute approximate surface area is 128 Å². The molecule has 2 aromatic rings. The lowest BCUT2D eigenvalue weighted by Crippen LogP contribution is -2.32. The molecule has 0 saturated heterocycles. The van der Waals surface area contributed by atoms with Gasteiger partial charge in [-0.2, -0.15) is 0 Å². The molecular formula is C16H20FN3O2. The molecule has 0 aliphatic heterocycles. The summed E-state index contributed by atoms with van der Waals surface area (Å²) in [4.78, 5) is 23.3. The van der Waals surface area contributed by atoms with Crippen LogP contribution in [0, 0.1) is 5.82 Å². The van der Waals surface area contributed by atoms with Crippen molar-refractivity contribution in [3.05, 3.63) is 36.3 Å². The number of nitrogens with zero attached hydrogens (tertiary/aromatic N) is 1. The molecule has 118 valence electrons. The van der Waals surface area contributed by atoms with Gasteiger partial charge in [-0.05, 0) is 36.1 Å².